The lowest BCUT2D eigenvalue weighted by Crippen LogP contribution is -2.33. The number of H-pyrrole nitrogens is 1. The summed E-state index contributed by atoms with van der Waals surface area (Å²) >= 11 is 0. The van der Waals surface area contributed by atoms with Crippen molar-refractivity contribution in [2.75, 3.05) is 6.61 Å². The number of carbonyl (C=O) groups is 1. The molecule has 0 saturated heterocycles. The third-order valence-electron chi connectivity index (χ3n) is 5.13. The zero-order chi connectivity index (χ0) is 25.0. The van der Waals surface area contributed by atoms with Crippen molar-refractivity contribution in [2.24, 2.45) is 0 Å². The van der Waals surface area contributed by atoms with Gasteiger partial charge in [-0.25, -0.2) is 9.78 Å². The molecule has 2 heterocycles. The number of ether oxygens (including phenoxy) is 1. The average Bonchev–Trinajstić information content (AvgIpc) is 2.76. The van der Waals surface area contributed by atoms with Gasteiger partial charge in [-0.05, 0) is 30.0 Å². The number of alkyl halides is 3. The highest BCUT2D eigenvalue weighted by Gasteiger charge is 2.27. The topological polar surface area (TPSA) is 106 Å². The number of pyridine rings is 1. The van der Waals surface area contributed by atoms with Gasteiger partial charge in [0.15, 0.2) is 5.65 Å². The molecule has 0 fully saturated rings. The maximum absolute atomic E-state index is 13.0. The number of benzene rings is 1. The van der Waals surface area contributed by atoms with Crippen LogP contribution in [-0.2, 0) is 24.4 Å². The van der Waals surface area contributed by atoms with Crippen molar-refractivity contribution in [1.82, 2.24) is 19.9 Å². The van der Waals surface area contributed by atoms with Crippen molar-refractivity contribution in [2.45, 2.75) is 52.6 Å². The maximum atomic E-state index is 13.0. The minimum atomic E-state index is -4.38. The van der Waals surface area contributed by atoms with E-state index in [1.54, 1.807) is 37.3 Å². The minimum absolute atomic E-state index is 0.0283. The Morgan fingerprint density at radius 2 is 1.82 bits per heavy atom. The summed E-state index contributed by atoms with van der Waals surface area (Å²) in [6.45, 7) is 4.38. The highest BCUT2D eigenvalue weighted by molar-refractivity contribution is 6.05. The second-order valence-electron chi connectivity index (χ2n) is 8.06. The summed E-state index contributed by atoms with van der Waals surface area (Å²) in [5, 5.41) is 2.78. The Morgan fingerprint density at radius 3 is 2.41 bits per heavy atom. The molecule has 1 amide bonds. The van der Waals surface area contributed by atoms with Gasteiger partial charge in [-0.1, -0.05) is 38.1 Å². The van der Waals surface area contributed by atoms with Crippen LogP contribution in [0.5, 0.6) is 0 Å². The number of amides is 1. The van der Waals surface area contributed by atoms with Crippen LogP contribution >= 0.6 is 0 Å². The Hall–Kier alpha value is -3.47. The molecule has 2 aromatic heterocycles. The lowest BCUT2D eigenvalue weighted by Gasteiger charge is -2.14. The van der Waals surface area contributed by atoms with Gasteiger partial charge in [-0.2, -0.15) is 13.2 Å². The van der Waals surface area contributed by atoms with Crippen LogP contribution in [0.1, 0.15) is 53.9 Å². The standard InChI is InChI=1S/C23H25F3N4O4/c1-4-30-19-18(21(32)29-22(30)33)16(9-17(28-19)13(2)3)20(31)27-10-14-5-7-15(8-6-14)11-34-12-23(24,25)26/h5-9,13H,4,10-12H2,1-3H3,(H,27,31)(H,29,32,33). The maximum Gasteiger partial charge on any atom is 0.411 e. The molecular formula is C23H25F3N4O4. The fraction of sp³-hybridized carbons (Fsp3) is 0.391. The lowest BCUT2D eigenvalue weighted by atomic mass is 10.0. The second-order valence-corrected chi connectivity index (χ2v) is 8.06. The largest absolute Gasteiger partial charge is 0.411 e. The number of nitrogens with zero attached hydrogens (tertiary/aromatic N) is 2. The molecule has 0 unspecified atom stereocenters. The predicted octanol–water partition coefficient (Wildman–Crippen LogP) is 3.24. The van der Waals surface area contributed by atoms with Crippen LogP contribution in [0.3, 0.4) is 0 Å². The molecule has 1 aromatic carbocycles. The first-order valence-corrected chi connectivity index (χ1v) is 10.7. The van der Waals surface area contributed by atoms with Crippen LogP contribution in [-0.4, -0.2) is 33.2 Å². The summed E-state index contributed by atoms with van der Waals surface area (Å²) in [5.41, 5.74) is 0.790. The van der Waals surface area contributed by atoms with Gasteiger partial charge in [0.05, 0.1) is 17.6 Å². The summed E-state index contributed by atoms with van der Waals surface area (Å²) in [7, 11) is 0. The Kier molecular flexibility index (Phi) is 7.55. The first-order valence-electron chi connectivity index (χ1n) is 10.7. The summed E-state index contributed by atoms with van der Waals surface area (Å²) < 4.78 is 42.5. The third kappa shape index (κ3) is 5.90. The smallest absolute Gasteiger partial charge is 0.367 e. The Bertz CT molecular complexity index is 1300. The van der Waals surface area contributed by atoms with Crippen LogP contribution in [0.15, 0.2) is 39.9 Å². The molecule has 3 aromatic rings. The first-order chi connectivity index (χ1) is 16.0. The Balaban J connectivity index is 1.82. The molecule has 8 nitrogen and oxygen atoms in total. The van der Waals surface area contributed by atoms with Gasteiger partial charge in [0.2, 0.25) is 0 Å². The van der Waals surface area contributed by atoms with E-state index < -0.39 is 29.9 Å². The van der Waals surface area contributed by atoms with Gasteiger partial charge in [-0.15, -0.1) is 0 Å². The van der Waals surface area contributed by atoms with Crippen molar-refractivity contribution in [1.29, 1.82) is 0 Å². The number of hydrogen-bond acceptors (Lipinski definition) is 5. The number of aromatic nitrogens is 3. The Morgan fingerprint density at radius 1 is 1.18 bits per heavy atom. The van der Waals surface area contributed by atoms with E-state index in [2.05, 4.69) is 20.0 Å². The summed E-state index contributed by atoms with van der Waals surface area (Å²) in [5.74, 6) is -0.568. The van der Waals surface area contributed by atoms with E-state index in [9.17, 15) is 27.6 Å². The number of fused-ring (bicyclic) bond motifs is 1. The highest BCUT2D eigenvalue weighted by atomic mass is 19.4. The number of hydrogen-bond donors (Lipinski definition) is 2. The molecule has 0 atom stereocenters. The first kappa shape index (κ1) is 25.2. The van der Waals surface area contributed by atoms with Gasteiger partial charge in [0.25, 0.3) is 11.5 Å². The van der Waals surface area contributed by atoms with E-state index in [4.69, 9.17) is 0 Å². The number of rotatable bonds is 8. The van der Waals surface area contributed by atoms with Gasteiger partial charge in [0.1, 0.15) is 6.61 Å². The van der Waals surface area contributed by atoms with Gasteiger partial charge in [-0.3, -0.25) is 19.1 Å². The van der Waals surface area contributed by atoms with E-state index in [1.807, 2.05) is 13.8 Å². The lowest BCUT2D eigenvalue weighted by molar-refractivity contribution is -0.176. The fourth-order valence-electron chi connectivity index (χ4n) is 3.38. The number of halogens is 3. The van der Waals surface area contributed by atoms with Crippen LogP contribution in [0.25, 0.3) is 11.0 Å². The molecule has 2 N–H and O–H groups in total. The van der Waals surface area contributed by atoms with Crippen molar-refractivity contribution in [3.63, 3.8) is 0 Å². The summed E-state index contributed by atoms with van der Waals surface area (Å²) in [6, 6.07) is 8.10. The fourth-order valence-corrected chi connectivity index (χ4v) is 3.38. The monoisotopic (exact) mass is 478 g/mol. The van der Waals surface area contributed by atoms with Crippen LogP contribution < -0.4 is 16.6 Å². The zero-order valence-corrected chi connectivity index (χ0v) is 19.0. The zero-order valence-electron chi connectivity index (χ0n) is 19.0. The quantitative estimate of drug-likeness (QED) is 0.517. The van der Waals surface area contributed by atoms with Crippen molar-refractivity contribution in [3.05, 3.63) is 73.6 Å². The molecule has 0 saturated carbocycles. The van der Waals surface area contributed by atoms with E-state index in [1.165, 1.54) is 4.57 Å². The molecule has 3 rings (SSSR count). The molecule has 0 radical (unpaired) electrons. The molecule has 0 aliphatic rings. The number of aryl methyl sites for hydroxylation is 1. The van der Waals surface area contributed by atoms with Gasteiger partial charge >= 0.3 is 11.9 Å². The van der Waals surface area contributed by atoms with Gasteiger partial charge in [0, 0.05) is 18.8 Å². The second kappa shape index (κ2) is 10.2. The predicted molar refractivity (Wildman–Crippen MR) is 120 cm³/mol. The van der Waals surface area contributed by atoms with E-state index >= 15 is 0 Å². The summed E-state index contributed by atoms with van der Waals surface area (Å²) in [6.07, 6.45) is -4.38. The van der Waals surface area contributed by atoms with Crippen LogP contribution in [0, 0.1) is 0 Å². The van der Waals surface area contributed by atoms with E-state index in [-0.39, 0.29) is 42.2 Å². The molecular weight excluding hydrogens is 453 g/mol. The van der Waals surface area contributed by atoms with Crippen molar-refractivity contribution in [3.8, 4) is 0 Å². The van der Waals surface area contributed by atoms with Crippen LogP contribution in [0.4, 0.5) is 13.2 Å². The highest BCUT2D eigenvalue weighted by Crippen LogP contribution is 2.20. The van der Waals surface area contributed by atoms with E-state index in [0.717, 1.165) is 0 Å². The molecule has 0 aliphatic carbocycles. The van der Waals surface area contributed by atoms with Crippen LogP contribution in [0.2, 0.25) is 0 Å². The van der Waals surface area contributed by atoms with Crippen molar-refractivity contribution < 1.29 is 22.7 Å². The number of nitrogens with one attached hydrogen (secondary N) is 2. The minimum Gasteiger partial charge on any atom is -0.367 e. The molecule has 0 spiro atoms. The molecule has 182 valence electrons. The molecule has 0 bridgehead atoms. The Labute approximate surface area is 192 Å². The normalized spacial score (nSPS) is 11.9. The molecule has 11 heteroatoms. The van der Waals surface area contributed by atoms with E-state index in [0.29, 0.717) is 16.8 Å². The molecule has 0 aliphatic heterocycles. The SMILES string of the molecule is CCn1c(=O)[nH]c(=O)c2c(C(=O)NCc3ccc(COCC(F)(F)F)cc3)cc(C(C)C)nc21. The van der Waals surface area contributed by atoms with Crippen molar-refractivity contribution >= 4 is 16.9 Å². The number of carbonyl (C=O) groups excluding carboxylic acids is 1. The average molecular weight is 478 g/mol. The summed E-state index contributed by atoms with van der Waals surface area (Å²) in [4.78, 5) is 44.5. The third-order valence-corrected chi connectivity index (χ3v) is 5.13. The number of aromatic amines is 1. The molecule has 34 heavy (non-hydrogen) atoms. The van der Waals surface area contributed by atoms with Gasteiger partial charge < -0.3 is 10.1 Å².